The minimum atomic E-state index is 0.610. The number of hydrogen-bond acceptors (Lipinski definition) is 5. The summed E-state index contributed by atoms with van der Waals surface area (Å²) in [6.07, 6.45) is 2.31. The van der Waals surface area contributed by atoms with E-state index < -0.39 is 0 Å². The van der Waals surface area contributed by atoms with Gasteiger partial charge in [-0.1, -0.05) is 0 Å². The van der Waals surface area contributed by atoms with Gasteiger partial charge in [-0.3, -0.25) is 0 Å². The minimum absolute atomic E-state index is 0.610. The molecule has 0 aromatic carbocycles. The highest BCUT2D eigenvalue weighted by Crippen LogP contribution is 2.02. The second kappa shape index (κ2) is 5.66. The molecule has 0 bridgehead atoms. The van der Waals surface area contributed by atoms with Gasteiger partial charge in [0, 0.05) is 20.0 Å². The van der Waals surface area contributed by atoms with Gasteiger partial charge in [0.1, 0.15) is 0 Å². The van der Waals surface area contributed by atoms with E-state index >= 15 is 0 Å². The zero-order chi connectivity index (χ0) is 9.52. The van der Waals surface area contributed by atoms with E-state index in [4.69, 9.17) is 14.9 Å². The molecular weight excluding hydrogens is 170 g/mol. The molecule has 1 aromatic heterocycles. The Labute approximate surface area is 77.3 Å². The topological polar surface area (TPSA) is 74.2 Å². The van der Waals surface area contributed by atoms with Crippen molar-refractivity contribution in [3.8, 4) is 0 Å². The quantitative estimate of drug-likeness (QED) is 0.682. The Kier molecular flexibility index (Phi) is 4.42. The number of methoxy groups -OCH3 is 1. The SMILES string of the molecule is COCCc1nnc(CCCN)o1. The van der Waals surface area contributed by atoms with E-state index in [2.05, 4.69) is 10.2 Å². The predicted octanol–water partition coefficient (Wildman–Crippen LogP) is 0.150. The van der Waals surface area contributed by atoms with E-state index in [1.165, 1.54) is 0 Å². The first kappa shape index (κ1) is 10.1. The molecule has 0 saturated heterocycles. The zero-order valence-corrected chi connectivity index (χ0v) is 7.82. The molecule has 5 nitrogen and oxygen atoms in total. The van der Waals surface area contributed by atoms with E-state index in [9.17, 15) is 0 Å². The second-order valence-corrected chi connectivity index (χ2v) is 2.72. The zero-order valence-electron chi connectivity index (χ0n) is 7.82. The molecule has 0 aliphatic rings. The van der Waals surface area contributed by atoms with Crippen molar-refractivity contribution in [2.24, 2.45) is 5.73 Å². The van der Waals surface area contributed by atoms with Gasteiger partial charge in [0.05, 0.1) is 6.61 Å². The van der Waals surface area contributed by atoms with Crippen LogP contribution in [0.2, 0.25) is 0 Å². The first-order chi connectivity index (χ1) is 6.36. The van der Waals surface area contributed by atoms with Crippen LogP contribution in [-0.2, 0) is 17.6 Å². The number of nitrogens with zero attached hydrogens (tertiary/aromatic N) is 2. The first-order valence-electron chi connectivity index (χ1n) is 4.37. The lowest BCUT2D eigenvalue weighted by Gasteiger charge is -1.92. The average Bonchev–Trinajstić information content (AvgIpc) is 2.59. The van der Waals surface area contributed by atoms with Crippen LogP contribution in [0.25, 0.3) is 0 Å². The predicted molar refractivity (Wildman–Crippen MR) is 47.3 cm³/mol. The van der Waals surface area contributed by atoms with Crippen molar-refractivity contribution >= 4 is 0 Å². The van der Waals surface area contributed by atoms with Gasteiger partial charge in [-0.25, -0.2) is 0 Å². The summed E-state index contributed by atoms with van der Waals surface area (Å²) in [7, 11) is 1.64. The Bertz CT molecular complexity index is 215. The normalized spacial score (nSPS) is 10.6. The van der Waals surface area contributed by atoms with Gasteiger partial charge in [0.15, 0.2) is 0 Å². The van der Waals surface area contributed by atoms with Crippen LogP contribution in [0.5, 0.6) is 0 Å². The Morgan fingerprint density at radius 3 is 2.62 bits per heavy atom. The molecule has 0 aliphatic heterocycles. The Morgan fingerprint density at radius 2 is 2.00 bits per heavy atom. The third kappa shape index (κ3) is 3.52. The van der Waals surface area contributed by atoms with Crippen molar-refractivity contribution in [2.45, 2.75) is 19.3 Å². The number of nitrogens with two attached hydrogens (primary N) is 1. The van der Waals surface area contributed by atoms with Crippen LogP contribution in [0.3, 0.4) is 0 Å². The number of aryl methyl sites for hydroxylation is 1. The molecule has 13 heavy (non-hydrogen) atoms. The maximum absolute atomic E-state index is 5.35. The highest BCUT2D eigenvalue weighted by Gasteiger charge is 2.04. The van der Waals surface area contributed by atoms with E-state index in [-0.39, 0.29) is 0 Å². The smallest absolute Gasteiger partial charge is 0.218 e. The lowest BCUT2D eigenvalue weighted by atomic mass is 10.3. The highest BCUT2D eigenvalue weighted by molar-refractivity contribution is 4.82. The molecule has 0 amide bonds. The summed E-state index contributed by atoms with van der Waals surface area (Å²) in [5.74, 6) is 1.30. The van der Waals surface area contributed by atoms with Gasteiger partial charge in [-0.05, 0) is 13.0 Å². The molecule has 5 heteroatoms. The van der Waals surface area contributed by atoms with Crippen molar-refractivity contribution < 1.29 is 9.15 Å². The number of ether oxygens (including phenoxy) is 1. The van der Waals surface area contributed by atoms with Gasteiger partial charge in [0.25, 0.3) is 0 Å². The van der Waals surface area contributed by atoms with Gasteiger partial charge in [-0.2, -0.15) is 0 Å². The lowest BCUT2D eigenvalue weighted by Crippen LogP contribution is -2.00. The number of rotatable bonds is 6. The molecular formula is C8H15N3O2. The molecule has 0 aliphatic carbocycles. The van der Waals surface area contributed by atoms with Crippen molar-refractivity contribution in [3.05, 3.63) is 11.8 Å². The second-order valence-electron chi connectivity index (χ2n) is 2.72. The largest absolute Gasteiger partial charge is 0.425 e. The standard InChI is InChI=1S/C8H15N3O2/c1-12-6-4-8-11-10-7(13-8)3-2-5-9/h2-6,9H2,1H3. The fourth-order valence-electron chi connectivity index (χ4n) is 0.933. The van der Waals surface area contributed by atoms with Crippen LogP contribution < -0.4 is 5.73 Å². The van der Waals surface area contributed by atoms with Gasteiger partial charge >= 0.3 is 0 Å². The summed E-state index contributed by atoms with van der Waals surface area (Å²) in [6, 6.07) is 0. The Balaban J connectivity index is 2.34. The number of hydrogen-bond donors (Lipinski definition) is 1. The number of aromatic nitrogens is 2. The summed E-state index contributed by atoms with van der Waals surface area (Å²) in [6.45, 7) is 1.26. The third-order valence-electron chi connectivity index (χ3n) is 1.62. The van der Waals surface area contributed by atoms with Crippen LogP contribution in [-0.4, -0.2) is 30.5 Å². The highest BCUT2D eigenvalue weighted by atomic mass is 16.5. The van der Waals surface area contributed by atoms with Crippen molar-refractivity contribution in [2.75, 3.05) is 20.3 Å². The molecule has 0 radical (unpaired) electrons. The van der Waals surface area contributed by atoms with Gasteiger partial charge in [0.2, 0.25) is 11.8 Å². The minimum Gasteiger partial charge on any atom is -0.425 e. The fraction of sp³-hybridized carbons (Fsp3) is 0.750. The molecule has 0 saturated carbocycles. The molecule has 1 aromatic rings. The molecule has 0 spiro atoms. The monoisotopic (exact) mass is 185 g/mol. The summed E-state index contributed by atoms with van der Waals surface area (Å²) >= 11 is 0. The van der Waals surface area contributed by atoms with E-state index in [1.54, 1.807) is 7.11 Å². The summed E-state index contributed by atoms with van der Waals surface area (Å²) in [5, 5.41) is 7.75. The molecule has 0 atom stereocenters. The average molecular weight is 185 g/mol. The van der Waals surface area contributed by atoms with E-state index in [0.717, 1.165) is 12.8 Å². The lowest BCUT2D eigenvalue weighted by molar-refractivity contribution is 0.194. The maximum atomic E-state index is 5.35. The maximum Gasteiger partial charge on any atom is 0.218 e. The van der Waals surface area contributed by atoms with Crippen molar-refractivity contribution in [3.63, 3.8) is 0 Å². The molecule has 74 valence electrons. The molecule has 0 fully saturated rings. The van der Waals surface area contributed by atoms with Gasteiger partial charge in [-0.15, -0.1) is 10.2 Å². The van der Waals surface area contributed by atoms with Crippen molar-refractivity contribution in [1.82, 2.24) is 10.2 Å². The summed E-state index contributed by atoms with van der Waals surface area (Å²) in [4.78, 5) is 0. The molecule has 1 heterocycles. The summed E-state index contributed by atoms with van der Waals surface area (Å²) in [5.41, 5.74) is 5.35. The van der Waals surface area contributed by atoms with Crippen LogP contribution in [0.15, 0.2) is 4.42 Å². The van der Waals surface area contributed by atoms with E-state index in [0.29, 0.717) is 31.4 Å². The molecule has 2 N–H and O–H groups in total. The molecule has 0 unspecified atom stereocenters. The third-order valence-corrected chi connectivity index (χ3v) is 1.62. The van der Waals surface area contributed by atoms with Gasteiger partial charge < -0.3 is 14.9 Å². The van der Waals surface area contributed by atoms with Crippen LogP contribution in [0.1, 0.15) is 18.2 Å². The fourth-order valence-corrected chi connectivity index (χ4v) is 0.933. The first-order valence-corrected chi connectivity index (χ1v) is 4.37. The Morgan fingerprint density at radius 1 is 1.31 bits per heavy atom. The van der Waals surface area contributed by atoms with Crippen LogP contribution in [0.4, 0.5) is 0 Å². The van der Waals surface area contributed by atoms with Crippen molar-refractivity contribution in [1.29, 1.82) is 0 Å². The molecule has 1 rings (SSSR count). The van der Waals surface area contributed by atoms with Crippen LogP contribution in [0, 0.1) is 0 Å². The Hall–Kier alpha value is -0.940. The van der Waals surface area contributed by atoms with Crippen LogP contribution >= 0.6 is 0 Å². The summed E-state index contributed by atoms with van der Waals surface area (Å²) < 4.78 is 10.2. The van der Waals surface area contributed by atoms with E-state index in [1.807, 2.05) is 0 Å².